The lowest BCUT2D eigenvalue weighted by Crippen LogP contribution is -2.18. The van der Waals surface area contributed by atoms with E-state index in [0.29, 0.717) is 0 Å². The third-order valence-electron chi connectivity index (χ3n) is 3.43. The Bertz CT molecular complexity index is 547. The molecular weight excluding hydrogens is 256 g/mol. The zero-order chi connectivity index (χ0) is 14.4. The fourth-order valence-electron chi connectivity index (χ4n) is 2.21. The Kier molecular flexibility index (Phi) is 4.97. The van der Waals surface area contributed by atoms with Crippen molar-refractivity contribution in [3.8, 4) is 0 Å². The molecular formula is C19H24Si. The summed E-state index contributed by atoms with van der Waals surface area (Å²) in [6.45, 7) is 7.33. The molecule has 0 aliphatic rings. The van der Waals surface area contributed by atoms with E-state index in [-0.39, 0.29) is 0 Å². The molecule has 0 unspecified atom stereocenters. The standard InChI is InChI=1S/C19H24Si/c1-20(2,3)15-14-19(18-12-8-5-9-13-18)16-17-10-6-4-7-11-17/h4-13,16H,14-15H2,1-3H3/b19-16-. The van der Waals surface area contributed by atoms with Gasteiger partial charge in [0.1, 0.15) is 0 Å². The van der Waals surface area contributed by atoms with Gasteiger partial charge in [-0.1, -0.05) is 92.4 Å². The molecule has 0 bridgehead atoms. The van der Waals surface area contributed by atoms with Crippen molar-refractivity contribution in [1.29, 1.82) is 0 Å². The molecule has 0 saturated carbocycles. The van der Waals surface area contributed by atoms with Crippen LogP contribution in [0.4, 0.5) is 0 Å². The summed E-state index contributed by atoms with van der Waals surface area (Å²) >= 11 is 0. The van der Waals surface area contributed by atoms with E-state index in [4.69, 9.17) is 0 Å². The Morgan fingerprint density at radius 3 is 1.95 bits per heavy atom. The summed E-state index contributed by atoms with van der Waals surface area (Å²) in [7, 11) is -1.01. The number of rotatable bonds is 5. The molecule has 0 aromatic heterocycles. The van der Waals surface area contributed by atoms with Crippen LogP contribution in [0.3, 0.4) is 0 Å². The highest BCUT2D eigenvalue weighted by atomic mass is 28.3. The first kappa shape index (κ1) is 14.8. The van der Waals surface area contributed by atoms with Gasteiger partial charge in [0, 0.05) is 8.07 Å². The van der Waals surface area contributed by atoms with Crippen molar-refractivity contribution in [2.75, 3.05) is 0 Å². The Morgan fingerprint density at radius 2 is 1.40 bits per heavy atom. The van der Waals surface area contributed by atoms with Crippen molar-refractivity contribution in [2.45, 2.75) is 32.1 Å². The second-order valence-electron chi connectivity index (χ2n) is 6.51. The fraction of sp³-hybridized carbons (Fsp3) is 0.263. The lowest BCUT2D eigenvalue weighted by Gasteiger charge is -2.17. The monoisotopic (exact) mass is 280 g/mol. The zero-order valence-corrected chi connectivity index (χ0v) is 13.8. The van der Waals surface area contributed by atoms with Crippen molar-refractivity contribution in [2.24, 2.45) is 0 Å². The molecule has 2 rings (SSSR count). The predicted molar refractivity (Wildman–Crippen MR) is 93.5 cm³/mol. The quantitative estimate of drug-likeness (QED) is 0.468. The van der Waals surface area contributed by atoms with Gasteiger partial charge in [0.15, 0.2) is 0 Å². The first-order chi connectivity index (χ1) is 9.54. The van der Waals surface area contributed by atoms with E-state index in [0.717, 1.165) is 0 Å². The molecule has 2 aromatic rings. The maximum atomic E-state index is 2.44. The summed E-state index contributed by atoms with van der Waals surface area (Å²) in [4.78, 5) is 0. The molecule has 0 aliphatic carbocycles. The van der Waals surface area contributed by atoms with E-state index >= 15 is 0 Å². The summed E-state index contributed by atoms with van der Waals surface area (Å²) in [6, 6.07) is 22.8. The number of allylic oxidation sites excluding steroid dienone is 1. The topological polar surface area (TPSA) is 0 Å². The molecule has 0 heterocycles. The Morgan fingerprint density at radius 1 is 0.850 bits per heavy atom. The van der Waals surface area contributed by atoms with Crippen LogP contribution in [-0.4, -0.2) is 8.07 Å². The van der Waals surface area contributed by atoms with Gasteiger partial charge in [0.25, 0.3) is 0 Å². The van der Waals surface area contributed by atoms with Crippen LogP contribution in [0, 0.1) is 0 Å². The lowest BCUT2D eigenvalue weighted by atomic mass is 10.0. The molecule has 0 atom stereocenters. The zero-order valence-electron chi connectivity index (χ0n) is 12.8. The molecule has 0 amide bonds. The molecule has 0 saturated heterocycles. The van der Waals surface area contributed by atoms with E-state index in [9.17, 15) is 0 Å². The highest BCUT2D eigenvalue weighted by Crippen LogP contribution is 2.26. The van der Waals surface area contributed by atoms with Crippen LogP contribution < -0.4 is 0 Å². The minimum atomic E-state index is -1.01. The number of hydrogen-bond acceptors (Lipinski definition) is 0. The largest absolute Gasteiger partial charge is 0.0695 e. The molecule has 1 heteroatoms. The van der Waals surface area contributed by atoms with Gasteiger partial charge in [-0.15, -0.1) is 0 Å². The van der Waals surface area contributed by atoms with E-state index in [1.165, 1.54) is 29.2 Å². The van der Waals surface area contributed by atoms with Crippen molar-refractivity contribution in [3.05, 3.63) is 71.8 Å². The van der Waals surface area contributed by atoms with Crippen LogP contribution in [-0.2, 0) is 0 Å². The minimum absolute atomic E-state index is 1.01. The lowest BCUT2D eigenvalue weighted by molar-refractivity contribution is 1.18. The summed E-state index contributed by atoms with van der Waals surface area (Å²) in [5.74, 6) is 0. The van der Waals surface area contributed by atoms with Crippen LogP contribution in [0.2, 0.25) is 25.7 Å². The second kappa shape index (κ2) is 6.71. The Labute approximate surface area is 124 Å². The summed E-state index contributed by atoms with van der Waals surface area (Å²) in [5, 5.41) is 0. The highest BCUT2D eigenvalue weighted by Gasteiger charge is 2.14. The SMILES string of the molecule is C[Si](C)(C)CC/C(=C/c1ccccc1)c1ccccc1. The van der Waals surface area contributed by atoms with Crippen molar-refractivity contribution < 1.29 is 0 Å². The average Bonchev–Trinajstić information content (AvgIpc) is 2.44. The molecule has 20 heavy (non-hydrogen) atoms. The van der Waals surface area contributed by atoms with Gasteiger partial charge in [0.05, 0.1) is 0 Å². The summed E-state index contributed by atoms with van der Waals surface area (Å²) in [5.41, 5.74) is 4.11. The van der Waals surface area contributed by atoms with Gasteiger partial charge in [-0.05, 0) is 23.1 Å². The number of benzene rings is 2. The van der Waals surface area contributed by atoms with E-state index in [2.05, 4.69) is 86.4 Å². The Balaban J connectivity index is 2.27. The highest BCUT2D eigenvalue weighted by molar-refractivity contribution is 6.76. The molecule has 0 spiro atoms. The first-order valence-electron chi connectivity index (χ1n) is 7.36. The maximum Gasteiger partial charge on any atom is 0.0445 e. The van der Waals surface area contributed by atoms with Crippen LogP contribution in [0.25, 0.3) is 11.6 Å². The van der Waals surface area contributed by atoms with Gasteiger partial charge < -0.3 is 0 Å². The summed E-state index contributed by atoms with van der Waals surface area (Å²) in [6.07, 6.45) is 3.52. The minimum Gasteiger partial charge on any atom is -0.0695 e. The maximum absolute atomic E-state index is 2.44. The third-order valence-corrected chi connectivity index (χ3v) is 5.18. The molecule has 0 radical (unpaired) electrons. The summed E-state index contributed by atoms with van der Waals surface area (Å²) < 4.78 is 0. The van der Waals surface area contributed by atoms with Gasteiger partial charge in [-0.2, -0.15) is 0 Å². The van der Waals surface area contributed by atoms with Gasteiger partial charge >= 0.3 is 0 Å². The van der Waals surface area contributed by atoms with Crippen molar-refractivity contribution >= 4 is 19.7 Å². The normalized spacial score (nSPS) is 12.4. The second-order valence-corrected chi connectivity index (χ2v) is 12.1. The van der Waals surface area contributed by atoms with Crippen LogP contribution in [0.15, 0.2) is 60.7 Å². The van der Waals surface area contributed by atoms with Crippen LogP contribution in [0.1, 0.15) is 17.5 Å². The average molecular weight is 280 g/mol. The molecule has 0 N–H and O–H groups in total. The molecule has 0 aliphatic heterocycles. The Hall–Kier alpha value is -1.60. The van der Waals surface area contributed by atoms with Crippen LogP contribution in [0.5, 0.6) is 0 Å². The fourth-order valence-corrected chi connectivity index (χ4v) is 3.23. The van der Waals surface area contributed by atoms with Crippen LogP contribution >= 0.6 is 0 Å². The smallest absolute Gasteiger partial charge is 0.0445 e. The van der Waals surface area contributed by atoms with Gasteiger partial charge in [-0.3, -0.25) is 0 Å². The van der Waals surface area contributed by atoms with E-state index in [1.807, 2.05) is 0 Å². The molecule has 0 nitrogen and oxygen atoms in total. The third kappa shape index (κ3) is 4.82. The predicted octanol–water partition coefficient (Wildman–Crippen LogP) is 5.96. The van der Waals surface area contributed by atoms with Crippen molar-refractivity contribution in [1.82, 2.24) is 0 Å². The molecule has 104 valence electrons. The van der Waals surface area contributed by atoms with Crippen molar-refractivity contribution in [3.63, 3.8) is 0 Å². The molecule has 0 fully saturated rings. The van der Waals surface area contributed by atoms with Gasteiger partial charge in [-0.25, -0.2) is 0 Å². The molecule has 2 aromatic carbocycles. The first-order valence-corrected chi connectivity index (χ1v) is 11.1. The number of hydrogen-bond donors (Lipinski definition) is 0. The van der Waals surface area contributed by atoms with E-state index in [1.54, 1.807) is 0 Å². The van der Waals surface area contributed by atoms with E-state index < -0.39 is 8.07 Å². The van der Waals surface area contributed by atoms with Gasteiger partial charge in [0.2, 0.25) is 0 Å².